The van der Waals surface area contributed by atoms with Crippen LogP contribution in [0.5, 0.6) is 0 Å². The minimum Gasteiger partial charge on any atom is -0.378 e. The summed E-state index contributed by atoms with van der Waals surface area (Å²) in [6, 6.07) is 13.2. The Hall–Kier alpha value is -2.50. The maximum absolute atomic E-state index is 13.2. The van der Waals surface area contributed by atoms with Gasteiger partial charge in [0.05, 0.1) is 17.6 Å². The molecule has 1 N–H and O–H groups in total. The van der Waals surface area contributed by atoms with Gasteiger partial charge in [0.1, 0.15) is 0 Å². The molecule has 0 aliphatic carbocycles. The average Bonchev–Trinajstić information content (AvgIpc) is 3.06. The van der Waals surface area contributed by atoms with Crippen molar-refractivity contribution in [2.45, 2.75) is 37.5 Å². The van der Waals surface area contributed by atoms with E-state index in [9.17, 15) is 18.0 Å². The molecular weight excluding hydrogens is 341 g/mol. The highest BCUT2D eigenvalue weighted by Crippen LogP contribution is 2.45. The number of hydrogen-bond donors (Lipinski definition) is 1. The van der Waals surface area contributed by atoms with Crippen molar-refractivity contribution >= 4 is 11.6 Å². The fraction of sp³-hybridized carbons (Fsp3) is 0.350. The molecule has 1 saturated heterocycles. The van der Waals surface area contributed by atoms with Crippen molar-refractivity contribution in [1.29, 1.82) is 0 Å². The van der Waals surface area contributed by atoms with E-state index < -0.39 is 11.7 Å². The van der Waals surface area contributed by atoms with Crippen LogP contribution in [0, 0.1) is 0 Å². The number of hydrogen-bond acceptors (Lipinski definition) is 2. The normalized spacial score (nSPS) is 22.9. The van der Waals surface area contributed by atoms with E-state index in [1.54, 1.807) is 4.90 Å². The van der Waals surface area contributed by atoms with Gasteiger partial charge in [-0.05, 0) is 42.2 Å². The number of amides is 1. The summed E-state index contributed by atoms with van der Waals surface area (Å²) in [5, 5.41) is 3.35. The summed E-state index contributed by atoms with van der Waals surface area (Å²) in [5.41, 5.74) is 1.62. The molecule has 0 aromatic heterocycles. The van der Waals surface area contributed by atoms with Crippen LogP contribution in [0.4, 0.5) is 18.9 Å². The van der Waals surface area contributed by atoms with Crippen LogP contribution in [-0.2, 0) is 11.0 Å². The monoisotopic (exact) mass is 360 g/mol. The van der Waals surface area contributed by atoms with Gasteiger partial charge in [0.25, 0.3) is 0 Å². The van der Waals surface area contributed by atoms with Crippen LogP contribution < -0.4 is 5.32 Å². The predicted molar refractivity (Wildman–Crippen MR) is 92.6 cm³/mol. The molecule has 2 aromatic rings. The molecule has 6 heteroatoms. The molecule has 2 atom stereocenters. The average molecular weight is 360 g/mol. The van der Waals surface area contributed by atoms with Crippen LogP contribution in [0.1, 0.15) is 48.0 Å². The maximum Gasteiger partial charge on any atom is 0.416 e. The van der Waals surface area contributed by atoms with Crippen molar-refractivity contribution in [2.24, 2.45) is 0 Å². The molecule has 2 aromatic carbocycles. The summed E-state index contributed by atoms with van der Waals surface area (Å²) >= 11 is 0. The lowest BCUT2D eigenvalue weighted by atomic mass is 9.87. The third-order valence-electron chi connectivity index (χ3n) is 5.21. The van der Waals surface area contributed by atoms with E-state index in [-0.39, 0.29) is 18.0 Å². The van der Waals surface area contributed by atoms with Gasteiger partial charge in [-0.25, -0.2) is 0 Å². The number of nitrogens with one attached hydrogen (secondary N) is 1. The highest BCUT2D eigenvalue weighted by molar-refractivity contribution is 5.79. The number of rotatable bonds is 2. The van der Waals surface area contributed by atoms with Crippen molar-refractivity contribution in [2.75, 3.05) is 11.9 Å². The molecule has 2 aliphatic heterocycles. The quantitative estimate of drug-likeness (QED) is 0.824. The molecule has 1 amide bonds. The second kappa shape index (κ2) is 6.34. The van der Waals surface area contributed by atoms with Gasteiger partial charge in [0, 0.05) is 18.7 Å². The lowest BCUT2D eigenvalue weighted by Crippen LogP contribution is -2.35. The van der Waals surface area contributed by atoms with Crippen LogP contribution in [-0.4, -0.2) is 17.4 Å². The molecule has 3 nitrogen and oxygen atoms in total. The van der Waals surface area contributed by atoms with Crippen LogP contribution in [0.2, 0.25) is 0 Å². The van der Waals surface area contributed by atoms with Gasteiger partial charge in [-0.3, -0.25) is 4.79 Å². The Bertz CT molecular complexity index is 820. The number of alkyl halides is 3. The van der Waals surface area contributed by atoms with Gasteiger partial charge in [-0.1, -0.05) is 30.3 Å². The SMILES string of the molecule is O=C1CCCN1C1CC(c2ccccc2)Nc2ccc(C(F)(F)F)cc21. The van der Waals surface area contributed by atoms with Crippen molar-refractivity contribution in [3.05, 3.63) is 65.2 Å². The zero-order valence-corrected chi connectivity index (χ0v) is 14.1. The Morgan fingerprint density at radius 2 is 1.85 bits per heavy atom. The Labute approximate surface area is 149 Å². The topological polar surface area (TPSA) is 32.3 Å². The number of likely N-dealkylation sites (tertiary alicyclic amines) is 1. The van der Waals surface area contributed by atoms with Crippen LogP contribution in [0.3, 0.4) is 0 Å². The van der Waals surface area contributed by atoms with Gasteiger partial charge in [0.2, 0.25) is 5.91 Å². The Morgan fingerprint density at radius 1 is 1.08 bits per heavy atom. The zero-order chi connectivity index (χ0) is 18.3. The van der Waals surface area contributed by atoms with Gasteiger partial charge < -0.3 is 10.2 Å². The van der Waals surface area contributed by atoms with E-state index in [4.69, 9.17) is 0 Å². The molecular formula is C20H19F3N2O. The first-order chi connectivity index (χ1) is 12.4. The number of benzene rings is 2. The van der Waals surface area contributed by atoms with Gasteiger partial charge in [-0.2, -0.15) is 13.2 Å². The molecule has 0 spiro atoms. The number of carbonyl (C=O) groups is 1. The first-order valence-electron chi connectivity index (χ1n) is 8.75. The number of halogens is 3. The van der Waals surface area contributed by atoms with Gasteiger partial charge in [-0.15, -0.1) is 0 Å². The zero-order valence-electron chi connectivity index (χ0n) is 14.1. The molecule has 26 heavy (non-hydrogen) atoms. The summed E-state index contributed by atoms with van der Waals surface area (Å²) in [6.07, 6.45) is -2.61. The Morgan fingerprint density at radius 3 is 2.50 bits per heavy atom. The summed E-state index contributed by atoms with van der Waals surface area (Å²) in [4.78, 5) is 14.0. The smallest absolute Gasteiger partial charge is 0.378 e. The lowest BCUT2D eigenvalue weighted by molar-refractivity contribution is -0.137. The van der Waals surface area contributed by atoms with Gasteiger partial charge in [0.15, 0.2) is 0 Å². The second-order valence-electron chi connectivity index (χ2n) is 6.85. The van der Waals surface area contributed by atoms with E-state index in [1.165, 1.54) is 12.1 Å². The molecule has 2 heterocycles. The van der Waals surface area contributed by atoms with Crippen molar-refractivity contribution in [3.63, 3.8) is 0 Å². The fourth-order valence-electron chi connectivity index (χ4n) is 3.94. The van der Waals surface area contributed by atoms with Crippen molar-refractivity contribution in [1.82, 2.24) is 4.90 Å². The number of carbonyl (C=O) groups excluding carboxylic acids is 1. The summed E-state index contributed by atoms with van der Waals surface area (Å²) in [7, 11) is 0. The summed E-state index contributed by atoms with van der Waals surface area (Å²) in [6.45, 7) is 0.598. The van der Waals surface area contributed by atoms with E-state index in [1.807, 2.05) is 30.3 Å². The minimum absolute atomic E-state index is 0.0204. The third kappa shape index (κ3) is 3.04. The molecule has 2 unspecified atom stereocenters. The maximum atomic E-state index is 13.2. The van der Waals surface area contributed by atoms with E-state index in [0.29, 0.717) is 30.6 Å². The summed E-state index contributed by atoms with van der Waals surface area (Å²) < 4.78 is 39.5. The van der Waals surface area contributed by atoms with Crippen LogP contribution in [0.25, 0.3) is 0 Å². The number of nitrogens with zero attached hydrogens (tertiary/aromatic N) is 1. The molecule has 136 valence electrons. The first kappa shape index (κ1) is 16.9. The number of fused-ring (bicyclic) bond motifs is 1. The largest absolute Gasteiger partial charge is 0.416 e. The van der Waals surface area contributed by atoms with Crippen molar-refractivity contribution < 1.29 is 18.0 Å². The molecule has 4 rings (SSSR count). The third-order valence-corrected chi connectivity index (χ3v) is 5.21. The van der Waals surface area contributed by atoms with Crippen LogP contribution >= 0.6 is 0 Å². The fourth-order valence-corrected chi connectivity index (χ4v) is 3.94. The molecule has 2 aliphatic rings. The Balaban J connectivity index is 1.76. The molecule has 0 bridgehead atoms. The van der Waals surface area contributed by atoms with Gasteiger partial charge >= 0.3 is 6.18 Å². The molecule has 0 radical (unpaired) electrons. The number of anilines is 1. The second-order valence-corrected chi connectivity index (χ2v) is 6.85. The van der Waals surface area contributed by atoms with E-state index >= 15 is 0 Å². The molecule has 0 saturated carbocycles. The lowest BCUT2D eigenvalue weighted by Gasteiger charge is -2.38. The standard InChI is InChI=1S/C20H19F3N2O/c21-20(22,23)14-8-9-16-15(11-14)18(25-10-4-7-19(25)26)12-17(24-16)13-5-2-1-3-6-13/h1-3,5-6,8-9,11,17-18,24H,4,7,10,12H2. The Kier molecular flexibility index (Phi) is 4.13. The highest BCUT2D eigenvalue weighted by Gasteiger charge is 2.38. The predicted octanol–water partition coefficient (Wildman–Crippen LogP) is 4.93. The molecule has 1 fully saturated rings. The van der Waals surface area contributed by atoms with Crippen molar-refractivity contribution in [3.8, 4) is 0 Å². The summed E-state index contributed by atoms with van der Waals surface area (Å²) in [5.74, 6) is 0.0204. The minimum atomic E-state index is -4.40. The highest BCUT2D eigenvalue weighted by atomic mass is 19.4. The van der Waals surface area contributed by atoms with Crippen LogP contribution in [0.15, 0.2) is 48.5 Å². The van der Waals surface area contributed by atoms with E-state index in [2.05, 4.69) is 5.32 Å². The first-order valence-corrected chi connectivity index (χ1v) is 8.75. The van der Waals surface area contributed by atoms with E-state index in [0.717, 1.165) is 18.1 Å².